The molecule has 0 aliphatic heterocycles. The van der Waals surface area contributed by atoms with E-state index in [0.29, 0.717) is 5.52 Å². The van der Waals surface area contributed by atoms with E-state index in [1.165, 1.54) is 5.57 Å². The Morgan fingerprint density at radius 2 is 2.00 bits per heavy atom. The molecule has 0 atom stereocenters. The number of hydrogen-bond donors (Lipinski definition) is 1. The Morgan fingerprint density at radius 1 is 1.12 bits per heavy atom. The third kappa shape index (κ3) is 2.25. The first-order chi connectivity index (χ1) is 7.84. The van der Waals surface area contributed by atoms with Crippen LogP contribution in [-0.4, -0.2) is 10.1 Å². The predicted octanol–water partition coefficient (Wildman–Crippen LogP) is 3.28. The summed E-state index contributed by atoms with van der Waals surface area (Å²) in [6.07, 6.45) is 7.12. The summed E-state index contributed by atoms with van der Waals surface area (Å²) in [5.41, 5.74) is 2.82. The van der Waals surface area contributed by atoms with Crippen LogP contribution in [0, 0.1) is 0 Å². The summed E-state index contributed by atoms with van der Waals surface area (Å²) in [5, 5.41) is 10.7. The van der Waals surface area contributed by atoms with Crippen molar-refractivity contribution < 1.29 is 31.3 Å². The topological polar surface area (TPSA) is 33.1 Å². The van der Waals surface area contributed by atoms with Gasteiger partial charge in [-0.05, 0) is 24.1 Å². The average molecular weight is 300 g/mol. The van der Waals surface area contributed by atoms with Crippen molar-refractivity contribution in [3.63, 3.8) is 0 Å². The van der Waals surface area contributed by atoms with Gasteiger partial charge in [0.2, 0.25) is 0 Å². The molecule has 17 heavy (non-hydrogen) atoms. The van der Waals surface area contributed by atoms with E-state index in [0.717, 1.165) is 17.5 Å². The number of pyridine rings is 1. The molecule has 0 unspecified atom stereocenters. The van der Waals surface area contributed by atoms with E-state index < -0.39 is 0 Å². The van der Waals surface area contributed by atoms with Gasteiger partial charge in [0.05, 0.1) is 5.69 Å². The van der Waals surface area contributed by atoms with Crippen LogP contribution in [0.15, 0.2) is 48.6 Å². The number of rotatable bonds is 1. The van der Waals surface area contributed by atoms with E-state index in [2.05, 4.69) is 17.1 Å². The third-order valence-corrected chi connectivity index (χ3v) is 2.80. The Bertz CT molecular complexity index is 617. The summed E-state index contributed by atoms with van der Waals surface area (Å²) in [4.78, 5) is 4.50. The van der Waals surface area contributed by atoms with Crippen molar-refractivity contribution in [2.75, 3.05) is 0 Å². The molecule has 1 aromatic carbocycles. The molecule has 0 amide bonds. The minimum Gasteiger partial charge on any atom is -0.506 e. The monoisotopic (exact) mass is 299 g/mol. The molecular weight excluding hydrogens is 289 g/mol. The molecule has 3 heteroatoms. The van der Waals surface area contributed by atoms with Crippen molar-refractivity contribution in [3.05, 3.63) is 54.3 Å². The summed E-state index contributed by atoms with van der Waals surface area (Å²) in [7, 11) is 0. The quantitative estimate of drug-likeness (QED) is 0.877. The van der Waals surface area contributed by atoms with Crippen LogP contribution >= 0.6 is 0 Å². The molecule has 1 heterocycles. The maximum atomic E-state index is 9.74. The van der Waals surface area contributed by atoms with E-state index >= 15 is 0 Å². The third-order valence-electron chi connectivity index (χ3n) is 2.80. The first-order valence-corrected chi connectivity index (χ1v) is 5.29. The van der Waals surface area contributed by atoms with Gasteiger partial charge in [0.1, 0.15) is 11.3 Å². The molecule has 82 valence electrons. The van der Waals surface area contributed by atoms with Gasteiger partial charge in [-0.15, -0.1) is 0 Å². The molecular formula is C14H11NOZr. The molecule has 0 radical (unpaired) electrons. The molecule has 2 aromatic rings. The number of benzene rings is 1. The van der Waals surface area contributed by atoms with Crippen LogP contribution in [0.1, 0.15) is 12.1 Å². The van der Waals surface area contributed by atoms with Crippen LogP contribution in [0.4, 0.5) is 0 Å². The van der Waals surface area contributed by atoms with E-state index in [1.54, 1.807) is 6.07 Å². The Balaban J connectivity index is 0.00000108. The zero-order valence-electron chi connectivity index (χ0n) is 9.22. The fourth-order valence-electron chi connectivity index (χ4n) is 1.95. The molecule has 3 rings (SSSR count). The Hall–Kier alpha value is -1.21. The Morgan fingerprint density at radius 3 is 2.76 bits per heavy atom. The number of nitrogens with zero attached hydrogens (tertiary/aromatic N) is 1. The van der Waals surface area contributed by atoms with Gasteiger partial charge in [0.25, 0.3) is 0 Å². The van der Waals surface area contributed by atoms with E-state index in [9.17, 15) is 5.11 Å². The summed E-state index contributed by atoms with van der Waals surface area (Å²) in [5.74, 6) is 0.242. The zero-order valence-corrected chi connectivity index (χ0v) is 11.7. The van der Waals surface area contributed by atoms with E-state index in [-0.39, 0.29) is 32.0 Å². The van der Waals surface area contributed by atoms with E-state index in [4.69, 9.17) is 0 Å². The van der Waals surface area contributed by atoms with Gasteiger partial charge < -0.3 is 5.11 Å². The van der Waals surface area contributed by atoms with Crippen molar-refractivity contribution in [1.82, 2.24) is 4.98 Å². The first kappa shape index (κ1) is 12.3. The maximum absolute atomic E-state index is 9.74. The van der Waals surface area contributed by atoms with Gasteiger partial charge in [-0.25, -0.2) is 4.98 Å². The van der Waals surface area contributed by atoms with Gasteiger partial charge >= 0.3 is 0 Å². The molecule has 1 N–H and O–H groups in total. The average Bonchev–Trinajstić information content (AvgIpc) is 2.83. The van der Waals surface area contributed by atoms with Crippen molar-refractivity contribution in [3.8, 4) is 5.75 Å². The minimum atomic E-state index is 0. The molecule has 0 saturated heterocycles. The number of phenols is 1. The van der Waals surface area contributed by atoms with Crippen molar-refractivity contribution in [1.29, 1.82) is 0 Å². The van der Waals surface area contributed by atoms with Crippen molar-refractivity contribution in [2.45, 2.75) is 6.42 Å². The number of allylic oxidation sites excluding steroid dienone is 4. The summed E-state index contributed by atoms with van der Waals surface area (Å²) >= 11 is 0. The fourth-order valence-corrected chi connectivity index (χ4v) is 1.95. The second-order valence-corrected chi connectivity index (χ2v) is 3.87. The molecule has 1 aliphatic rings. The molecule has 1 aliphatic carbocycles. The first-order valence-electron chi connectivity index (χ1n) is 5.29. The van der Waals surface area contributed by atoms with Crippen LogP contribution in [0.5, 0.6) is 5.75 Å². The van der Waals surface area contributed by atoms with Crippen LogP contribution in [0.2, 0.25) is 0 Å². The largest absolute Gasteiger partial charge is 0.506 e. The fraction of sp³-hybridized carbons (Fsp3) is 0.0714. The normalized spacial score (nSPS) is 13.5. The number of fused-ring (bicyclic) bond motifs is 1. The molecule has 0 spiro atoms. The molecule has 2 nitrogen and oxygen atoms in total. The van der Waals surface area contributed by atoms with Crippen LogP contribution in [0.25, 0.3) is 16.5 Å². The number of para-hydroxylation sites is 1. The molecule has 0 bridgehead atoms. The Labute approximate surface area is 119 Å². The van der Waals surface area contributed by atoms with Gasteiger partial charge in [-0.3, -0.25) is 0 Å². The van der Waals surface area contributed by atoms with Crippen LogP contribution in [0.3, 0.4) is 0 Å². The number of hydrogen-bond acceptors (Lipinski definition) is 2. The van der Waals surface area contributed by atoms with Crippen molar-refractivity contribution >= 4 is 16.5 Å². The molecule has 0 fully saturated rings. The number of phenolic OH excluding ortho intramolecular Hbond substituents is 1. The van der Waals surface area contributed by atoms with Crippen molar-refractivity contribution in [2.24, 2.45) is 0 Å². The van der Waals surface area contributed by atoms with Gasteiger partial charge in [0, 0.05) is 31.6 Å². The maximum Gasteiger partial charge on any atom is 0.141 e. The predicted molar refractivity (Wildman–Crippen MR) is 65.1 cm³/mol. The second kappa shape index (κ2) is 4.97. The zero-order chi connectivity index (χ0) is 11.0. The number of aromatic nitrogens is 1. The van der Waals surface area contributed by atoms with Gasteiger partial charge in [-0.2, -0.15) is 0 Å². The standard InChI is InChI=1S/C14H11NO.Zr/c16-13-7-3-6-11-8-9-12(15-14(11)13)10-4-1-2-5-10;/h1-4,6-9,16H,5H2;. The second-order valence-electron chi connectivity index (χ2n) is 3.87. The smallest absolute Gasteiger partial charge is 0.141 e. The van der Waals surface area contributed by atoms with Gasteiger partial charge in [-0.1, -0.05) is 36.4 Å². The van der Waals surface area contributed by atoms with Crippen LogP contribution in [-0.2, 0) is 26.2 Å². The molecule has 0 saturated carbocycles. The van der Waals surface area contributed by atoms with Crippen LogP contribution < -0.4 is 0 Å². The summed E-state index contributed by atoms with van der Waals surface area (Å²) in [6, 6.07) is 9.44. The molecule has 1 aromatic heterocycles. The van der Waals surface area contributed by atoms with Gasteiger partial charge in [0.15, 0.2) is 0 Å². The minimum absolute atomic E-state index is 0. The Kier molecular flexibility index (Phi) is 3.58. The van der Waals surface area contributed by atoms with E-state index in [1.807, 2.05) is 30.3 Å². The summed E-state index contributed by atoms with van der Waals surface area (Å²) < 4.78 is 0. The summed E-state index contributed by atoms with van der Waals surface area (Å²) in [6.45, 7) is 0. The number of aromatic hydroxyl groups is 1. The SMILES string of the molecule is Oc1cccc2ccc(C3=CC=CC3)nc12.[Zr].